The van der Waals surface area contributed by atoms with Gasteiger partial charge >= 0.3 is 8.24 Å². The van der Waals surface area contributed by atoms with Crippen molar-refractivity contribution in [1.29, 1.82) is 0 Å². The summed E-state index contributed by atoms with van der Waals surface area (Å²) in [7, 11) is -2.04. The van der Waals surface area contributed by atoms with Gasteiger partial charge in [-0.3, -0.25) is 0 Å². The van der Waals surface area contributed by atoms with Crippen molar-refractivity contribution in [2.45, 2.75) is 209 Å². The van der Waals surface area contributed by atoms with E-state index in [0.29, 0.717) is 5.75 Å². The van der Waals surface area contributed by atoms with Crippen molar-refractivity contribution >= 4 is 30.2 Å². The van der Waals surface area contributed by atoms with Gasteiger partial charge in [0.05, 0.1) is 0 Å². The molecule has 0 radical (unpaired) electrons. The lowest BCUT2D eigenvalue weighted by Crippen LogP contribution is -2.23. The van der Waals surface area contributed by atoms with E-state index < -0.39 is 8.24 Å². The Hall–Kier alpha value is -3.62. The first-order valence-corrected chi connectivity index (χ1v) is 24.2. The smallest absolute Gasteiger partial charge is 0.453 e. The summed E-state index contributed by atoms with van der Waals surface area (Å²) in [5.41, 5.74) is 11.8. The highest BCUT2D eigenvalue weighted by molar-refractivity contribution is 7.32. The van der Waals surface area contributed by atoms with E-state index in [0.717, 1.165) is 86.8 Å². The van der Waals surface area contributed by atoms with E-state index in [-0.39, 0.29) is 38.4 Å². The largest absolute Gasteiger partial charge is 0.507 e. The molecular weight excluding hydrogens is 768 g/mol. The van der Waals surface area contributed by atoms with Crippen LogP contribution in [0.1, 0.15) is 219 Å². The van der Waals surface area contributed by atoms with Crippen molar-refractivity contribution in [3.63, 3.8) is 0 Å². The number of hydrogen-bond donors (Lipinski definition) is 1. The molecule has 0 spiro atoms. The zero-order valence-electron chi connectivity index (χ0n) is 42.1. The van der Waals surface area contributed by atoms with Crippen LogP contribution in [0.4, 0.5) is 0 Å². The number of benzene rings is 4. The third-order valence-electron chi connectivity index (χ3n) is 14.6. The van der Waals surface area contributed by atoms with Crippen molar-refractivity contribution in [1.82, 2.24) is 0 Å². The molecule has 0 aliphatic carbocycles. The van der Waals surface area contributed by atoms with Gasteiger partial charge in [0.2, 0.25) is 0 Å². The molecule has 1 N–H and O–H groups in total. The lowest BCUT2D eigenvalue weighted by molar-refractivity contribution is 0.417. The summed E-state index contributed by atoms with van der Waals surface area (Å²) in [6.45, 7) is 47.6. The van der Waals surface area contributed by atoms with Gasteiger partial charge in [0.25, 0.3) is 0 Å². The van der Waals surface area contributed by atoms with Crippen LogP contribution in [0.3, 0.4) is 0 Å². The SMILES string of the molecule is CCC(C)(C)c1cc(C(C)c2cc(C(C)(C)CC)cc(C(C)(C)CC)c2Op2oc3c(C(C)(C)C)cc(C)cc3c3cc(C)cc(C(C)(C)C)c3o2)c(O)c(C(C)(C)CC)c1. The van der Waals surface area contributed by atoms with Gasteiger partial charge < -0.3 is 18.0 Å². The molecule has 0 saturated heterocycles. The van der Waals surface area contributed by atoms with E-state index in [1.54, 1.807) is 0 Å². The van der Waals surface area contributed by atoms with Crippen LogP contribution in [0.5, 0.6) is 11.5 Å². The van der Waals surface area contributed by atoms with Crippen molar-refractivity contribution in [2.24, 2.45) is 0 Å². The van der Waals surface area contributed by atoms with Crippen LogP contribution >= 0.6 is 8.24 Å². The fraction of sp³-hybridized carbons (Fsp3) is 0.571. The Morgan fingerprint density at radius 3 is 1.28 bits per heavy atom. The van der Waals surface area contributed by atoms with E-state index >= 15 is 0 Å². The third-order valence-corrected chi connectivity index (χ3v) is 15.6. The van der Waals surface area contributed by atoms with Gasteiger partial charge in [-0.25, -0.2) is 0 Å². The Labute approximate surface area is 371 Å². The first kappa shape index (κ1) is 48.4. The van der Waals surface area contributed by atoms with Crippen LogP contribution in [0.25, 0.3) is 21.9 Å². The van der Waals surface area contributed by atoms with Gasteiger partial charge in [-0.05, 0) is 106 Å². The van der Waals surface area contributed by atoms with E-state index in [9.17, 15) is 5.11 Å². The van der Waals surface area contributed by atoms with E-state index in [1.165, 1.54) is 22.3 Å². The molecule has 61 heavy (non-hydrogen) atoms. The fourth-order valence-electron chi connectivity index (χ4n) is 8.36. The second kappa shape index (κ2) is 16.8. The minimum absolute atomic E-state index is 0.0836. The number of fused-ring (bicyclic) bond motifs is 3. The molecular formula is C56H81O4P. The number of phenols is 1. The van der Waals surface area contributed by atoms with Crippen LogP contribution < -0.4 is 4.52 Å². The summed E-state index contributed by atoms with van der Waals surface area (Å²) in [6, 6.07) is 18.3. The summed E-state index contributed by atoms with van der Waals surface area (Å²) >= 11 is 0. The lowest BCUT2D eigenvalue weighted by atomic mass is 9.72. The average molecular weight is 849 g/mol. The Balaban J connectivity index is 2.02. The predicted octanol–water partition coefficient (Wildman–Crippen LogP) is 18.0. The Bertz CT molecular complexity index is 2380. The molecule has 1 unspecified atom stereocenters. The van der Waals surface area contributed by atoms with E-state index in [4.69, 9.17) is 12.9 Å². The first-order valence-electron chi connectivity index (χ1n) is 23.1. The first-order chi connectivity index (χ1) is 27.9. The summed E-state index contributed by atoms with van der Waals surface area (Å²) in [5.74, 6) is 0.939. The minimum atomic E-state index is -2.04. The monoisotopic (exact) mass is 849 g/mol. The van der Waals surface area contributed by atoms with Gasteiger partial charge in [0.1, 0.15) is 22.7 Å². The zero-order chi connectivity index (χ0) is 46.0. The second-order valence-corrected chi connectivity index (χ2v) is 23.9. The van der Waals surface area contributed by atoms with Crippen molar-refractivity contribution in [3.05, 3.63) is 104 Å². The summed E-state index contributed by atoms with van der Waals surface area (Å²) in [6.07, 6.45) is 3.76. The average Bonchev–Trinajstić information content (AvgIpc) is 3.32. The normalized spacial score (nSPS) is 13.9. The molecule has 1 aromatic heterocycles. The molecule has 5 heteroatoms. The van der Waals surface area contributed by atoms with Crippen molar-refractivity contribution in [3.8, 4) is 11.5 Å². The molecule has 5 aromatic rings. The molecule has 4 nitrogen and oxygen atoms in total. The van der Waals surface area contributed by atoms with Gasteiger partial charge in [-0.15, -0.1) is 0 Å². The summed E-state index contributed by atoms with van der Waals surface area (Å²) in [5, 5.41) is 14.6. The Kier molecular flexibility index (Phi) is 13.4. The molecule has 334 valence electrons. The maximum absolute atomic E-state index is 12.5. The molecule has 0 fully saturated rings. The molecule has 0 aliphatic rings. The van der Waals surface area contributed by atoms with Crippen molar-refractivity contribution in [2.75, 3.05) is 0 Å². The molecule has 4 aromatic carbocycles. The van der Waals surface area contributed by atoms with Crippen LogP contribution in [0.15, 0.2) is 56.9 Å². The number of hydrogen-bond acceptors (Lipinski definition) is 4. The highest BCUT2D eigenvalue weighted by atomic mass is 31.1. The van der Waals surface area contributed by atoms with Gasteiger partial charge in [0.15, 0.2) is 0 Å². The van der Waals surface area contributed by atoms with Crippen LogP contribution in [-0.2, 0) is 32.5 Å². The third kappa shape index (κ3) is 9.51. The summed E-state index contributed by atoms with van der Waals surface area (Å²) in [4.78, 5) is 0. The molecule has 5 rings (SSSR count). The number of rotatable bonds is 12. The van der Waals surface area contributed by atoms with E-state index in [1.807, 2.05) is 0 Å². The fourth-order valence-corrected chi connectivity index (χ4v) is 9.51. The topological polar surface area (TPSA) is 55.7 Å². The van der Waals surface area contributed by atoms with Crippen LogP contribution in [0.2, 0.25) is 0 Å². The maximum Gasteiger partial charge on any atom is 0.453 e. The number of phenolic OH excluding ortho intramolecular Hbond substituents is 1. The minimum Gasteiger partial charge on any atom is -0.507 e. The molecule has 0 amide bonds. The quantitative estimate of drug-likeness (QED) is 0.136. The zero-order valence-corrected chi connectivity index (χ0v) is 43.0. The van der Waals surface area contributed by atoms with Gasteiger partial charge in [0, 0.05) is 50.1 Å². The highest BCUT2D eigenvalue weighted by Gasteiger charge is 2.35. The Morgan fingerprint density at radius 1 is 0.508 bits per heavy atom. The van der Waals surface area contributed by atoms with Crippen LogP contribution in [-0.4, -0.2) is 5.11 Å². The number of aromatic hydroxyl groups is 1. The maximum atomic E-state index is 12.5. The van der Waals surface area contributed by atoms with Gasteiger partial charge in [-0.2, -0.15) is 0 Å². The van der Waals surface area contributed by atoms with Crippen molar-refractivity contribution < 1.29 is 18.0 Å². The lowest BCUT2D eigenvalue weighted by Gasteiger charge is -2.34. The molecule has 1 atom stereocenters. The molecule has 1 heterocycles. The molecule has 0 aliphatic heterocycles. The number of aryl methyl sites for hydroxylation is 2. The standard InChI is InChI=1S/C56H81O4P/c1-22-53(14,15)37-30-39(47(57)43(32-37)55(18,19)24-3)36(7)40-31-38(54(16,17)23-2)33-46(56(20,21)25-4)48(40)58-61-59-49-41(26-34(5)28-44(49)51(8,9)10)42-27-35(6)29-45(50(42)60-61)52(11,12)13/h26-33,36,57H,22-25H2,1-21H3. The predicted molar refractivity (Wildman–Crippen MR) is 265 cm³/mol. The second-order valence-electron chi connectivity index (χ2n) is 23.0. The molecule has 0 bridgehead atoms. The highest BCUT2D eigenvalue weighted by Crippen LogP contribution is 2.52. The summed E-state index contributed by atoms with van der Waals surface area (Å²) < 4.78 is 22.1. The Morgan fingerprint density at radius 2 is 0.885 bits per heavy atom. The van der Waals surface area contributed by atoms with E-state index in [2.05, 4.69) is 194 Å². The van der Waals surface area contributed by atoms with Gasteiger partial charge in [-0.1, -0.05) is 168 Å². The van der Waals surface area contributed by atoms with Crippen LogP contribution in [0, 0.1) is 13.8 Å². The molecule has 0 saturated carbocycles.